The smallest absolute Gasteiger partial charge is 0.313 e. The van der Waals surface area contributed by atoms with E-state index in [1.807, 2.05) is 13.8 Å². The summed E-state index contributed by atoms with van der Waals surface area (Å²) in [5.74, 6) is 4.82. The molecule has 0 aliphatic carbocycles. The van der Waals surface area contributed by atoms with Gasteiger partial charge < -0.3 is 16.0 Å². The summed E-state index contributed by atoms with van der Waals surface area (Å²) in [4.78, 5) is 11.0. The quantitative estimate of drug-likeness (QED) is 0.290. The van der Waals surface area contributed by atoms with E-state index in [-0.39, 0.29) is 16.8 Å². The highest BCUT2D eigenvalue weighted by Gasteiger charge is 2.19. The van der Waals surface area contributed by atoms with Crippen LogP contribution in [0, 0.1) is 0 Å². The molecule has 0 bridgehead atoms. The fraction of sp³-hybridized carbons (Fsp3) is 0.200. The average molecular weight is 449 g/mol. The van der Waals surface area contributed by atoms with Crippen LogP contribution < -0.4 is 21.8 Å². The third-order valence-electron chi connectivity index (χ3n) is 3.77. The van der Waals surface area contributed by atoms with Crippen LogP contribution in [0.2, 0.25) is 0 Å². The standard InChI is InChI=1S/C20H24N4O4S2/c1-13(2)22-20(29)24-18-11-8-16(19(12-18)30(26,27)28-21)7-4-15-5-9-17(10-6-15)23-14(3)25/h4-13H,21H2,1-3H3,(H,23,25)(H2,22,24,29)/b7-4+. The Hall–Kier alpha value is -2.79. The molecule has 0 atom stereocenters. The maximum absolute atomic E-state index is 12.3. The average Bonchev–Trinajstić information content (AvgIpc) is 2.67. The van der Waals surface area contributed by atoms with Crippen molar-refractivity contribution in [1.29, 1.82) is 0 Å². The molecule has 2 aromatic carbocycles. The number of amides is 1. The van der Waals surface area contributed by atoms with Crippen molar-refractivity contribution in [3.63, 3.8) is 0 Å². The molecule has 0 aliphatic rings. The largest absolute Gasteiger partial charge is 0.360 e. The maximum Gasteiger partial charge on any atom is 0.313 e. The molecule has 0 radical (unpaired) electrons. The number of nitrogens with two attached hydrogens (primary N) is 1. The molecule has 160 valence electrons. The van der Waals surface area contributed by atoms with Gasteiger partial charge in [0.1, 0.15) is 4.90 Å². The lowest BCUT2D eigenvalue weighted by molar-refractivity contribution is -0.114. The molecule has 0 spiro atoms. The van der Waals surface area contributed by atoms with E-state index in [4.69, 9.17) is 18.1 Å². The Kier molecular flexibility index (Phi) is 8.07. The van der Waals surface area contributed by atoms with Crippen LogP contribution in [0.15, 0.2) is 47.4 Å². The molecule has 0 saturated heterocycles. The van der Waals surface area contributed by atoms with Gasteiger partial charge in [-0.2, -0.15) is 18.6 Å². The number of anilines is 2. The van der Waals surface area contributed by atoms with Crippen molar-refractivity contribution < 1.29 is 17.5 Å². The van der Waals surface area contributed by atoms with Crippen LogP contribution >= 0.6 is 12.2 Å². The Labute approximate surface area is 181 Å². The molecule has 0 aliphatic heterocycles. The van der Waals surface area contributed by atoms with E-state index in [0.717, 1.165) is 5.56 Å². The summed E-state index contributed by atoms with van der Waals surface area (Å²) < 4.78 is 28.8. The molecule has 0 saturated carbocycles. The van der Waals surface area contributed by atoms with Crippen LogP contribution in [0.3, 0.4) is 0 Å². The van der Waals surface area contributed by atoms with Crippen molar-refractivity contribution in [3.8, 4) is 0 Å². The minimum Gasteiger partial charge on any atom is -0.360 e. The number of hydrogen-bond acceptors (Lipinski definition) is 6. The Balaban J connectivity index is 2.31. The van der Waals surface area contributed by atoms with Gasteiger partial charge in [-0.15, -0.1) is 0 Å². The zero-order valence-electron chi connectivity index (χ0n) is 16.8. The highest BCUT2D eigenvalue weighted by molar-refractivity contribution is 7.86. The second kappa shape index (κ2) is 10.3. The van der Waals surface area contributed by atoms with Crippen LogP contribution in [0.1, 0.15) is 31.9 Å². The van der Waals surface area contributed by atoms with Gasteiger partial charge in [-0.1, -0.05) is 30.4 Å². The van der Waals surface area contributed by atoms with Crippen LogP contribution in [-0.2, 0) is 19.2 Å². The van der Waals surface area contributed by atoms with Crippen molar-refractivity contribution >= 4 is 56.9 Å². The summed E-state index contributed by atoms with van der Waals surface area (Å²) in [5, 5.41) is 9.00. The molecule has 1 amide bonds. The number of nitrogens with one attached hydrogen (secondary N) is 3. The zero-order chi connectivity index (χ0) is 22.3. The normalized spacial score (nSPS) is 11.5. The van der Waals surface area contributed by atoms with Gasteiger partial charge in [-0.05, 0) is 61.5 Å². The predicted octanol–water partition coefficient (Wildman–Crippen LogP) is 3.09. The topological polar surface area (TPSA) is 123 Å². The zero-order valence-corrected chi connectivity index (χ0v) is 18.4. The third-order valence-corrected chi connectivity index (χ3v) is 5.14. The molecular weight excluding hydrogens is 424 g/mol. The van der Waals surface area contributed by atoms with E-state index in [1.54, 1.807) is 48.6 Å². The molecular formula is C20H24N4O4S2. The first-order chi connectivity index (χ1) is 14.1. The van der Waals surface area contributed by atoms with E-state index >= 15 is 0 Å². The van der Waals surface area contributed by atoms with Crippen molar-refractivity contribution in [1.82, 2.24) is 5.32 Å². The van der Waals surface area contributed by atoms with Gasteiger partial charge in [0.05, 0.1) is 0 Å². The lowest BCUT2D eigenvalue weighted by atomic mass is 10.1. The van der Waals surface area contributed by atoms with Crippen LogP contribution in [0.4, 0.5) is 11.4 Å². The van der Waals surface area contributed by atoms with Gasteiger partial charge >= 0.3 is 10.1 Å². The monoisotopic (exact) mass is 448 g/mol. The lowest BCUT2D eigenvalue weighted by Gasteiger charge is -2.14. The molecule has 30 heavy (non-hydrogen) atoms. The fourth-order valence-corrected chi connectivity index (χ4v) is 3.67. The minimum atomic E-state index is -4.16. The fourth-order valence-electron chi connectivity index (χ4n) is 2.51. The number of rotatable bonds is 7. The maximum atomic E-state index is 12.3. The summed E-state index contributed by atoms with van der Waals surface area (Å²) in [7, 11) is -4.16. The molecule has 5 N–H and O–H groups in total. The molecule has 0 aromatic heterocycles. The van der Waals surface area contributed by atoms with Crippen molar-refractivity contribution in [2.24, 2.45) is 5.90 Å². The van der Waals surface area contributed by atoms with E-state index in [9.17, 15) is 13.2 Å². The summed E-state index contributed by atoms with van der Waals surface area (Å²) in [5.41, 5.74) is 2.34. The molecule has 10 heteroatoms. The van der Waals surface area contributed by atoms with E-state index < -0.39 is 10.1 Å². The number of carbonyl (C=O) groups excluding carboxylic acids is 1. The van der Waals surface area contributed by atoms with E-state index in [1.165, 1.54) is 13.0 Å². The number of thiocarbonyl (C=S) groups is 1. The number of carbonyl (C=O) groups is 1. The van der Waals surface area contributed by atoms with Gasteiger partial charge in [-0.3, -0.25) is 4.79 Å². The lowest BCUT2D eigenvalue weighted by Crippen LogP contribution is -2.33. The first kappa shape index (κ1) is 23.5. The Morgan fingerprint density at radius 2 is 1.70 bits per heavy atom. The molecule has 2 aromatic rings. The summed E-state index contributed by atoms with van der Waals surface area (Å²) in [6, 6.07) is 11.9. The van der Waals surface area contributed by atoms with Crippen LogP contribution in [0.5, 0.6) is 0 Å². The molecule has 0 fully saturated rings. The minimum absolute atomic E-state index is 0.103. The van der Waals surface area contributed by atoms with Gasteiger partial charge in [0.25, 0.3) is 0 Å². The number of benzene rings is 2. The first-order valence-electron chi connectivity index (χ1n) is 9.01. The Morgan fingerprint density at radius 3 is 2.27 bits per heavy atom. The van der Waals surface area contributed by atoms with Gasteiger partial charge in [0.15, 0.2) is 5.11 Å². The van der Waals surface area contributed by atoms with Gasteiger partial charge in [-0.25, -0.2) is 0 Å². The SMILES string of the molecule is CC(=O)Nc1ccc(/C=C/c2ccc(NC(=S)NC(C)C)cc2S(=O)(=O)ON)cc1. The van der Waals surface area contributed by atoms with Crippen molar-refractivity contribution in [2.45, 2.75) is 31.7 Å². The molecule has 0 unspecified atom stereocenters. The highest BCUT2D eigenvalue weighted by atomic mass is 32.2. The summed E-state index contributed by atoms with van der Waals surface area (Å²) in [6.45, 7) is 5.30. The van der Waals surface area contributed by atoms with E-state index in [2.05, 4.69) is 20.2 Å². The summed E-state index contributed by atoms with van der Waals surface area (Å²) >= 11 is 5.19. The van der Waals surface area contributed by atoms with Crippen LogP contribution in [0.25, 0.3) is 12.2 Å². The van der Waals surface area contributed by atoms with Crippen molar-refractivity contribution in [2.75, 3.05) is 10.6 Å². The van der Waals surface area contributed by atoms with Crippen LogP contribution in [-0.4, -0.2) is 25.5 Å². The Bertz CT molecular complexity index is 1050. The molecule has 0 heterocycles. The van der Waals surface area contributed by atoms with Gasteiger partial charge in [0.2, 0.25) is 5.91 Å². The third kappa shape index (κ3) is 6.92. The number of hydrogen-bond donors (Lipinski definition) is 4. The second-order valence-electron chi connectivity index (χ2n) is 6.69. The highest BCUT2D eigenvalue weighted by Crippen LogP contribution is 2.24. The second-order valence-corrected chi connectivity index (χ2v) is 8.64. The molecule has 2 rings (SSSR count). The Morgan fingerprint density at radius 1 is 1.07 bits per heavy atom. The van der Waals surface area contributed by atoms with Gasteiger partial charge in [0, 0.05) is 24.3 Å². The van der Waals surface area contributed by atoms with E-state index in [0.29, 0.717) is 22.1 Å². The first-order valence-corrected chi connectivity index (χ1v) is 10.8. The van der Waals surface area contributed by atoms with Crippen molar-refractivity contribution in [3.05, 3.63) is 53.6 Å². The predicted molar refractivity (Wildman–Crippen MR) is 123 cm³/mol. The molecule has 8 nitrogen and oxygen atoms in total. The summed E-state index contributed by atoms with van der Waals surface area (Å²) in [6.07, 6.45) is 3.37.